The number of aromatic nitrogens is 1. The normalized spacial score (nSPS) is 12.2. The maximum atomic E-state index is 2.38. The van der Waals surface area contributed by atoms with Gasteiger partial charge in [-0.25, -0.2) is 0 Å². The average molecular weight is 378 g/mol. The molecule has 0 atom stereocenters. The minimum Gasteiger partial charge on any atom is -0.309 e. The molecule has 0 radical (unpaired) electrons. The van der Waals surface area contributed by atoms with Crippen LogP contribution < -0.4 is 0 Å². The highest BCUT2D eigenvalue weighted by Crippen LogP contribution is 2.34. The maximum Gasteiger partial charge on any atom is 0.0541 e. The van der Waals surface area contributed by atoms with Crippen molar-refractivity contribution in [2.24, 2.45) is 0 Å². The summed E-state index contributed by atoms with van der Waals surface area (Å²) in [5.41, 5.74) is 8.82. The first-order valence-electron chi connectivity index (χ1n) is 10.5. The molecule has 1 aliphatic carbocycles. The van der Waals surface area contributed by atoms with Gasteiger partial charge in [0.05, 0.1) is 11.2 Å². The summed E-state index contributed by atoms with van der Waals surface area (Å²) >= 11 is 0. The Hall–Kier alpha value is -3.32. The third kappa shape index (κ3) is 3.56. The van der Waals surface area contributed by atoms with Crippen LogP contribution in [0.25, 0.3) is 39.9 Å². The second-order valence-electron chi connectivity index (χ2n) is 7.11. The summed E-state index contributed by atoms with van der Waals surface area (Å²) in [6, 6.07) is 26.2. The SMILES string of the molecule is CC.Cc1ccc2c(c1)c1c(n2-c2ccc(-c3ccccc3)cc2)C=CCC=C1. The molecule has 0 saturated heterocycles. The Morgan fingerprint density at radius 1 is 0.724 bits per heavy atom. The molecule has 0 bridgehead atoms. The molecule has 3 aromatic carbocycles. The molecule has 1 heterocycles. The maximum absolute atomic E-state index is 2.38. The van der Waals surface area contributed by atoms with Crippen molar-refractivity contribution in [3.05, 3.63) is 102 Å². The summed E-state index contributed by atoms with van der Waals surface area (Å²) in [5.74, 6) is 0. The Bertz CT molecular complexity index is 1170. The highest BCUT2D eigenvalue weighted by atomic mass is 15.0. The summed E-state index contributed by atoms with van der Waals surface area (Å²) in [6.45, 7) is 6.16. The smallest absolute Gasteiger partial charge is 0.0541 e. The van der Waals surface area contributed by atoms with Crippen LogP contribution in [0.5, 0.6) is 0 Å². The van der Waals surface area contributed by atoms with Gasteiger partial charge in [-0.1, -0.05) is 86.2 Å². The molecule has 29 heavy (non-hydrogen) atoms. The number of rotatable bonds is 2. The number of fused-ring (bicyclic) bond motifs is 3. The van der Waals surface area contributed by atoms with Crippen LogP contribution in [-0.2, 0) is 0 Å². The molecular weight excluding hydrogens is 350 g/mol. The molecule has 0 N–H and O–H groups in total. The lowest BCUT2D eigenvalue weighted by molar-refractivity contribution is 1.10. The van der Waals surface area contributed by atoms with Gasteiger partial charge in [-0.15, -0.1) is 0 Å². The Morgan fingerprint density at radius 3 is 2.17 bits per heavy atom. The summed E-state index contributed by atoms with van der Waals surface area (Å²) in [6.07, 6.45) is 9.99. The van der Waals surface area contributed by atoms with Gasteiger partial charge in [0.25, 0.3) is 0 Å². The highest BCUT2D eigenvalue weighted by Gasteiger charge is 2.16. The quantitative estimate of drug-likeness (QED) is 0.333. The Balaban J connectivity index is 0.000000994. The van der Waals surface area contributed by atoms with Crippen molar-refractivity contribution in [1.29, 1.82) is 0 Å². The van der Waals surface area contributed by atoms with Gasteiger partial charge in [-0.3, -0.25) is 0 Å². The van der Waals surface area contributed by atoms with Crippen molar-refractivity contribution in [1.82, 2.24) is 4.57 Å². The molecule has 5 rings (SSSR count). The monoisotopic (exact) mass is 377 g/mol. The van der Waals surface area contributed by atoms with Crippen LogP contribution in [0.4, 0.5) is 0 Å². The van der Waals surface area contributed by atoms with Gasteiger partial charge in [-0.05, 0) is 54.8 Å². The number of nitrogens with zero attached hydrogens (tertiary/aromatic N) is 1. The molecule has 0 spiro atoms. The van der Waals surface area contributed by atoms with E-state index in [4.69, 9.17) is 0 Å². The summed E-state index contributed by atoms with van der Waals surface area (Å²) in [7, 11) is 0. The van der Waals surface area contributed by atoms with Crippen LogP contribution in [0.3, 0.4) is 0 Å². The summed E-state index contributed by atoms with van der Waals surface area (Å²) in [4.78, 5) is 0. The largest absolute Gasteiger partial charge is 0.309 e. The number of hydrogen-bond donors (Lipinski definition) is 0. The van der Waals surface area contributed by atoms with Crippen molar-refractivity contribution in [2.45, 2.75) is 27.2 Å². The van der Waals surface area contributed by atoms with E-state index in [9.17, 15) is 0 Å². The number of aryl methyl sites for hydroxylation is 1. The van der Waals surface area contributed by atoms with Gasteiger partial charge in [-0.2, -0.15) is 0 Å². The lowest BCUT2D eigenvalue weighted by atomic mass is 10.1. The van der Waals surface area contributed by atoms with E-state index < -0.39 is 0 Å². The Morgan fingerprint density at radius 2 is 1.41 bits per heavy atom. The van der Waals surface area contributed by atoms with E-state index in [1.165, 1.54) is 44.5 Å². The molecule has 1 aromatic heterocycles. The van der Waals surface area contributed by atoms with Crippen LogP contribution in [-0.4, -0.2) is 4.57 Å². The molecular formula is C28H27N. The van der Waals surface area contributed by atoms with Gasteiger partial charge in [0, 0.05) is 16.6 Å². The van der Waals surface area contributed by atoms with Gasteiger partial charge in [0.15, 0.2) is 0 Å². The first kappa shape index (κ1) is 19.0. The third-order valence-electron chi connectivity index (χ3n) is 5.27. The predicted octanol–water partition coefficient (Wildman–Crippen LogP) is 8.06. The second-order valence-corrected chi connectivity index (χ2v) is 7.11. The van der Waals surface area contributed by atoms with Crippen LogP contribution in [0.15, 0.2) is 84.9 Å². The molecule has 1 aliphatic rings. The van der Waals surface area contributed by atoms with E-state index in [2.05, 4.69) is 109 Å². The van der Waals surface area contributed by atoms with Crippen molar-refractivity contribution in [3.8, 4) is 16.8 Å². The van der Waals surface area contributed by atoms with E-state index in [1.807, 2.05) is 13.8 Å². The predicted molar refractivity (Wildman–Crippen MR) is 127 cm³/mol. The zero-order chi connectivity index (χ0) is 20.2. The van der Waals surface area contributed by atoms with Crippen LogP contribution >= 0.6 is 0 Å². The van der Waals surface area contributed by atoms with Crippen LogP contribution in [0.1, 0.15) is 37.1 Å². The van der Waals surface area contributed by atoms with Crippen molar-refractivity contribution in [2.75, 3.05) is 0 Å². The standard InChI is InChI=1S/C26H21N.C2H6/c1-19-12-17-26-24(18-19)23-10-6-3-7-11-25(23)27(26)22-15-13-21(14-16-22)20-8-4-2-5-9-20;1-2/h2,4-18H,3H2,1H3;1-2H3. The number of allylic oxidation sites excluding steroid dienone is 2. The first-order chi connectivity index (χ1) is 14.3. The third-order valence-corrected chi connectivity index (χ3v) is 5.27. The van der Waals surface area contributed by atoms with Gasteiger partial charge in [0.1, 0.15) is 0 Å². The van der Waals surface area contributed by atoms with Gasteiger partial charge >= 0.3 is 0 Å². The lowest BCUT2D eigenvalue weighted by Crippen LogP contribution is -1.97. The number of benzene rings is 3. The topological polar surface area (TPSA) is 4.93 Å². The molecule has 144 valence electrons. The zero-order valence-corrected chi connectivity index (χ0v) is 17.4. The van der Waals surface area contributed by atoms with Gasteiger partial charge in [0.2, 0.25) is 0 Å². The molecule has 0 saturated carbocycles. The minimum absolute atomic E-state index is 0.981. The minimum atomic E-state index is 0.981. The fraction of sp³-hybridized carbons (Fsp3) is 0.143. The van der Waals surface area contributed by atoms with E-state index in [0.29, 0.717) is 0 Å². The van der Waals surface area contributed by atoms with Crippen molar-refractivity contribution < 1.29 is 0 Å². The molecule has 1 nitrogen and oxygen atoms in total. The molecule has 0 amide bonds. The molecule has 0 unspecified atom stereocenters. The van der Waals surface area contributed by atoms with E-state index >= 15 is 0 Å². The Kier molecular flexibility index (Phi) is 5.48. The van der Waals surface area contributed by atoms with E-state index in [1.54, 1.807) is 0 Å². The fourth-order valence-corrected chi connectivity index (χ4v) is 3.94. The van der Waals surface area contributed by atoms with Crippen molar-refractivity contribution >= 4 is 23.1 Å². The second kappa shape index (κ2) is 8.36. The van der Waals surface area contributed by atoms with Crippen molar-refractivity contribution in [3.63, 3.8) is 0 Å². The summed E-state index contributed by atoms with van der Waals surface area (Å²) < 4.78 is 2.38. The first-order valence-corrected chi connectivity index (χ1v) is 10.5. The van der Waals surface area contributed by atoms with Gasteiger partial charge < -0.3 is 4.57 Å². The zero-order valence-electron chi connectivity index (χ0n) is 17.4. The fourth-order valence-electron chi connectivity index (χ4n) is 3.94. The van der Waals surface area contributed by atoms with E-state index in [-0.39, 0.29) is 0 Å². The van der Waals surface area contributed by atoms with Crippen LogP contribution in [0, 0.1) is 6.92 Å². The molecule has 0 fully saturated rings. The lowest BCUT2D eigenvalue weighted by Gasteiger charge is -2.11. The number of hydrogen-bond acceptors (Lipinski definition) is 0. The molecule has 4 aromatic rings. The van der Waals surface area contributed by atoms with E-state index in [0.717, 1.165) is 6.42 Å². The highest BCUT2D eigenvalue weighted by molar-refractivity contribution is 5.96. The Labute approximate surface area is 173 Å². The summed E-state index contributed by atoms with van der Waals surface area (Å²) in [5, 5.41) is 1.32. The average Bonchev–Trinajstić information content (AvgIpc) is 2.92. The molecule has 0 aliphatic heterocycles. The molecule has 1 heteroatoms. The van der Waals surface area contributed by atoms with Crippen LogP contribution in [0.2, 0.25) is 0 Å².